The number of cyclic esters (lactones) is 1. The highest BCUT2D eigenvalue weighted by Crippen LogP contribution is 2.34. The molecule has 0 aliphatic carbocycles. The van der Waals surface area contributed by atoms with Crippen molar-refractivity contribution in [3.8, 4) is 22.4 Å². The molecule has 0 amide bonds. The number of aromatic nitrogens is 3. The molecule has 1 fully saturated rings. The van der Waals surface area contributed by atoms with E-state index < -0.39 is 72.7 Å². The second kappa shape index (κ2) is 20.5. The zero-order valence-corrected chi connectivity index (χ0v) is 34.6. The number of aldehydes is 1. The largest absolute Gasteiger partial charge is 0.462 e. The van der Waals surface area contributed by atoms with Crippen molar-refractivity contribution in [3.05, 3.63) is 84.6 Å². The summed E-state index contributed by atoms with van der Waals surface area (Å²) in [5, 5.41) is 42.6. The van der Waals surface area contributed by atoms with Gasteiger partial charge >= 0.3 is 5.97 Å². The first-order valence-corrected chi connectivity index (χ1v) is 20.3. The molecule has 13 nitrogen and oxygen atoms in total. The molecule has 2 aromatic carbocycles. The Morgan fingerprint density at radius 2 is 1.62 bits per heavy atom. The zero-order chi connectivity index (χ0) is 42.1. The number of esters is 1. The van der Waals surface area contributed by atoms with Gasteiger partial charge in [-0.1, -0.05) is 98.3 Å². The molecule has 0 radical (unpaired) electrons. The number of likely N-dealkylation sites (N-methyl/N-ethyl adjacent to an activating group) is 1. The highest BCUT2D eigenvalue weighted by atomic mass is 16.7. The van der Waals surface area contributed by atoms with Gasteiger partial charge in [0, 0.05) is 29.7 Å². The summed E-state index contributed by atoms with van der Waals surface area (Å²) in [5.74, 6) is -3.04. The normalized spacial score (nSPS) is 33.3. The van der Waals surface area contributed by atoms with Crippen LogP contribution in [0.1, 0.15) is 60.3 Å². The molecule has 314 valence electrons. The predicted octanol–water partition coefficient (Wildman–Crippen LogP) is 5.04. The topological polar surface area (TPSA) is 174 Å². The van der Waals surface area contributed by atoms with E-state index in [1.807, 2.05) is 68.6 Å². The van der Waals surface area contributed by atoms with Crippen LogP contribution >= 0.6 is 0 Å². The number of hydrogen-bond acceptors (Lipinski definition) is 12. The van der Waals surface area contributed by atoms with Crippen LogP contribution in [0, 0.1) is 23.7 Å². The second-order valence-electron chi connectivity index (χ2n) is 16.2. The van der Waals surface area contributed by atoms with Crippen LogP contribution in [0.25, 0.3) is 22.4 Å². The van der Waals surface area contributed by atoms with Gasteiger partial charge in [0.05, 0.1) is 49.6 Å². The van der Waals surface area contributed by atoms with Crippen LogP contribution < -0.4 is 0 Å². The molecule has 3 N–H and O–H groups in total. The van der Waals surface area contributed by atoms with Gasteiger partial charge in [0.2, 0.25) is 0 Å². The average Bonchev–Trinajstić information content (AvgIpc) is 3.67. The third-order valence-electron chi connectivity index (χ3n) is 11.6. The summed E-state index contributed by atoms with van der Waals surface area (Å²) in [5.41, 5.74) is 4.57. The van der Waals surface area contributed by atoms with Crippen LogP contribution in [0.2, 0.25) is 0 Å². The lowest BCUT2D eigenvalue weighted by atomic mass is 9.79. The van der Waals surface area contributed by atoms with Gasteiger partial charge in [-0.2, -0.15) is 0 Å². The van der Waals surface area contributed by atoms with Crippen LogP contribution in [0.3, 0.4) is 0 Å². The Bertz CT molecular complexity index is 1860. The van der Waals surface area contributed by atoms with Crippen LogP contribution in [0.5, 0.6) is 0 Å². The minimum absolute atomic E-state index is 0.00682. The molecule has 58 heavy (non-hydrogen) atoms. The van der Waals surface area contributed by atoms with E-state index >= 15 is 0 Å². The molecule has 12 atom stereocenters. The number of ketones is 1. The Labute approximate surface area is 341 Å². The van der Waals surface area contributed by atoms with Crippen LogP contribution in [-0.4, -0.2) is 116 Å². The van der Waals surface area contributed by atoms with Gasteiger partial charge in [-0.25, -0.2) is 0 Å². The van der Waals surface area contributed by atoms with Gasteiger partial charge in [0.25, 0.3) is 0 Å². The lowest BCUT2D eigenvalue weighted by Gasteiger charge is -2.46. The highest BCUT2D eigenvalue weighted by Gasteiger charge is 2.47. The Balaban J connectivity index is 1.41. The molecule has 0 bridgehead atoms. The van der Waals surface area contributed by atoms with Crippen molar-refractivity contribution in [1.29, 1.82) is 0 Å². The fraction of sp³-hybridized carbons (Fsp3) is 0.533. The number of aliphatic hydroxyl groups is 3. The zero-order valence-electron chi connectivity index (χ0n) is 34.6. The molecule has 2 aliphatic rings. The quantitative estimate of drug-likeness (QED) is 0.185. The Morgan fingerprint density at radius 1 is 0.948 bits per heavy atom. The van der Waals surface area contributed by atoms with E-state index in [-0.39, 0.29) is 31.0 Å². The number of allylic oxidation sites excluding steroid dienone is 3. The monoisotopic (exact) mass is 800 g/mol. The first-order valence-electron chi connectivity index (χ1n) is 20.3. The van der Waals surface area contributed by atoms with E-state index in [2.05, 4.69) is 22.4 Å². The van der Waals surface area contributed by atoms with Crippen LogP contribution in [0.4, 0.5) is 0 Å². The molecule has 1 saturated heterocycles. The Hall–Kier alpha value is -4.37. The van der Waals surface area contributed by atoms with Gasteiger partial charge in [-0.3, -0.25) is 14.3 Å². The summed E-state index contributed by atoms with van der Waals surface area (Å²) in [7, 11) is 3.46. The summed E-state index contributed by atoms with van der Waals surface area (Å²) >= 11 is 0. The van der Waals surface area contributed by atoms with Gasteiger partial charge in [0.1, 0.15) is 24.2 Å². The molecule has 5 rings (SSSR count). The van der Waals surface area contributed by atoms with Crippen LogP contribution in [0.15, 0.2) is 84.6 Å². The minimum Gasteiger partial charge on any atom is -0.462 e. The third kappa shape index (κ3) is 11.2. The number of hydrogen-bond donors (Lipinski definition) is 3. The maximum absolute atomic E-state index is 13.7. The average molecular weight is 801 g/mol. The Kier molecular flexibility index (Phi) is 15.8. The number of ether oxygens (including phenoxy) is 3. The summed E-state index contributed by atoms with van der Waals surface area (Å²) < 4.78 is 20.2. The van der Waals surface area contributed by atoms with Gasteiger partial charge in [0.15, 0.2) is 12.1 Å². The van der Waals surface area contributed by atoms with Crippen molar-refractivity contribution in [2.75, 3.05) is 14.1 Å². The fourth-order valence-electron chi connectivity index (χ4n) is 8.13. The number of nitrogens with zero attached hydrogens (tertiary/aromatic N) is 4. The van der Waals surface area contributed by atoms with Crippen molar-refractivity contribution in [1.82, 2.24) is 19.9 Å². The highest BCUT2D eigenvalue weighted by molar-refractivity contribution is 5.91. The maximum Gasteiger partial charge on any atom is 0.308 e. The molecule has 2 unspecified atom stereocenters. The molecule has 0 saturated carbocycles. The smallest absolute Gasteiger partial charge is 0.308 e. The first kappa shape index (κ1) is 44.7. The van der Waals surface area contributed by atoms with Gasteiger partial charge in [-0.05, 0) is 63.9 Å². The predicted molar refractivity (Wildman–Crippen MR) is 219 cm³/mol. The first-order chi connectivity index (χ1) is 27.7. The molecule has 1 aromatic heterocycles. The van der Waals surface area contributed by atoms with Crippen molar-refractivity contribution in [3.63, 3.8) is 0 Å². The van der Waals surface area contributed by atoms with E-state index in [0.29, 0.717) is 18.7 Å². The minimum atomic E-state index is -1.28. The lowest BCUT2D eigenvalue weighted by Crippen LogP contribution is -2.63. The molecule has 3 heterocycles. The SMILES string of the molecule is CC[C@H]1OC(=O)C[C@@H](O)[C@H](C)[C@@H](O[C@@H]2O[C@H](C)[C@@H](O)C(N(C)C)C2O)[C@@H](CC=O)C[C@@H](C)C(=O)/C=C/C(C)=C/[C@@H]1Cn1cc(-c2ccc(-c3ccccc3)cc2)nn1. The molecule has 13 heteroatoms. The van der Waals surface area contributed by atoms with E-state index in [1.54, 1.807) is 50.5 Å². The summed E-state index contributed by atoms with van der Waals surface area (Å²) in [6.07, 6.45) is 1.06. The van der Waals surface area contributed by atoms with Crippen molar-refractivity contribution < 1.29 is 43.9 Å². The number of carbonyl (C=O) groups excluding carboxylic acids is 3. The molecular weight excluding hydrogens is 741 g/mol. The van der Waals surface area contributed by atoms with Crippen molar-refractivity contribution >= 4 is 18.0 Å². The number of rotatable bonds is 10. The third-order valence-corrected chi connectivity index (χ3v) is 11.6. The van der Waals surface area contributed by atoms with Crippen molar-refractivity contribution in [2.45, 2.75) is 116 Å². The fourth-order valence-corrected chi connectivity index (χ4v) is 8.13. The summed E-state index contributed by atoms with van der Waals surface area (Å²) in [6, 6.07) is 17.5. The van der Waals surface area contributed by atoms with E-state index in [0.717, 1.165) is 28.5 Å². The molecular formula is C45H60N4O9. The number of carbonyl (C=O) groups is 3. The number of aliphatic hydroxyl groups excluding tert-OH is 3. The van der Waals surface area contributed by atoms with Gasteiger partial charge in [-0.15, -0.1) is 5.10 Å². The summed E-state index contributed by atoms with van der Waals surface area (Å²) in [6.45, 7) is 9.27. The summed E-state index contributed by atoms with van der Waals surface area (Å²) in [4.78, 5) is 41.0. The standard InChI is InChI=1S/C45H60N4O9/c1-8-39-35(25-49-26-36(46-47-49)33-17-15-32(16-18-33)31-12-10-9-11-13-31)22-27(2)14-19-37(51)28(3)23-34(20-21-50)44(29(4)38(52)24-40(53)57-39)58-45-43(55)41(48(6)7)42(54)30(5)56-45/h9-19,21-22,26,28-30,34-35,38-39,41-45,52,54-55H,8,20,23-25H2,1-7H3/b19-14+,27-22+/t28-,29+,30-,34+,35-,38-,39-,41?,42-,43?,44-,45+/m1/s1. The molecule has 0 spiro atoms. The van der Waals surface area contributed by atoms with Gasteiger partial charge < -0.3 is 39.2 Å². The second-order valence-corrected chi connectivity index (χ2v) is 16.2. The van der Waals surface area contributed by atoms with Crippen molar-refractivity contribution in [2.24, 2.45) is 23.7 Å². The van der Waals surface area contributed by atoms with E-state index in [4.69, 9.17) is 14.2 Å². The van der Waals surface area contributed by atoms with E-state index in [1.165, 1.54) is 6.08 Å². The maximum atomic E-state index is 13.7. The molecule has 3 aromatic rings. The number of benzene rings is 2. The lowest BCUT2D eigenvalue weighted by molar-refractivity contribution is -0.304. The van der Waals surface area contributed by atoms with E-state index in [9.17, 15) is 29.7 Å². The van der Waals surface area contributed by atoms with Crippen LogP contribution in [-0.2, 0) is 35.1 Å². The molecule has 2 aliphatic heterocycles. The Morgan fingerprint density at radius 3 is 2.28 bits per heavy atom.